The molecule has 1 unspecified atom stereocenters. The summed E-state index contributed by atoms with van der Waals surface area (Å²) < 4.78 is 5.16. The molecule has 4 heterocycles. The van der Waals surface area contributed by atoms with E-state index in [0.717, 1.165) is 19.5 Å². The predicted molar refractivity (Wildman–Crippen MR) is 107 cm³/mol. The summed E-state index contributed by atoms with van der Waals surface area (Å²) in [5, 5.41) is 13.9. The van der Waals surface area contributed by atoms with Crippen LogP contribution in [0.1, 0.15) is 21.6 Å². The highest BCUT2D eigenvalue weighted by Gasteiger charge is 2.39. The van der Waals surface area contributed by atoms with Crippen LogP contribution >= 0.6 is 0 Å². The Bertz CT molecular complexity index is 903. The van der Waals surface area contributed by atoms with E-state index < -0.39 is 6.10 Å². The second-order valence-corrected chi connectivity index (χ2v) is 8.00. The Balaban J connectivity index is 1.26. The van der Waals surface area contributed by atoms with Crippen molar-refractivity contribution in [3.8, 4) is 0 Å². The zero-order chi connectivity index (χ0) is 19.8. The average Bonchev–Trinajstić information content (AvgIpc) is 3.11. The van der Waals surface area contributed by atoms with Gasteiger partial charge in [0.05, 0.1) is 31.4 Å². The topological polar surface area (TPSA) is 90.8 Å². The minimum Gasteiger partial charge on any atom is -0.390 e. The summed E-state index contributed by atoms with van der Waals surface area (Å²) >= 11 is 0. The van der Waals surface area contributed by atoms with E-state index >= 15 is 0 Å². The smallest absolute Gasteiger partial charge is 0.272 e. The van der Waals surface area contributed by atoms with Crippen LogP contribution in [0.2, 0.25) is 0 Å². The Morgan fingerprint density at radius 3 is 2.79 bits per heavy atom. The molecule has 8 heteroatoms. The summed E-state index contributed by atoms with van der Waals surface area (Å²) in [6, 6.07) is 10.3. The second kappa shape index (κ2) is 7.70. The number of fused-ring (bicyclic) bond motifs is 1. The van der Waals surface area contributed by atoms with Crippen molar-refractivity contribution in [3.05, 3.63) is 53.5 Å². The lowest BCUT2D eigenvalue weighted by atomic mass is 9.98. The lowest BCUT2D eigenvalue weighted by molar-refractivity contribution is 0.0209. The van der Waals surface area contributed by atoms with E-state index in [1.165, 1.54) is 17.5 Å². The number of nitrogens with one attached hydrogen (secondary N) is 1. The quantitative estimate of drug-likeness (QED) is 0.780. The molecule has 8 nitrogen and oxygen atoms in total. The number of carbonyl (C=O) groups excluding carboxylic acids is 1. The van der Waals surface area contributed by atoms with Gasteiger partial charge < -0.3 is 20.1 Å². The van der Waals surface area contributed by atoms with Crippen LogP contribution in [0.5, 0.6) is 0 Å². The van der Waals surface area contributed by atoms with Crippen LogP contribution in [0.15, 0.2) is 36.7 Å². The molecule has 0 bridgehead atoms. The summed E-state index contributed by atoms with van der Waals surface area (Å²) in [5.41, 5.74) is 3.03. The van der Waals surface area contributed by atoms with E-state index in [2.05, 4.69) is 44.5 Å². The molecule has 5 rings (SSSR count). The SMILES string of the molecule is O=C(c1cc(NC2COC2)ncn1)N1CC(N2CCc3ccccc3C2)[C@H](O)C1. The maximum Gasteiger partial charge on any atom is 0.272 e. The fourth-order valence-corrected chi connectivity index (χ4v) is 4.34. The number of rotatable bonds is 4. The average molecular weight is 395 g/mol. The molecule has 2 aromatic rings. The molecule has 2 fully saturated rings. The highest BCUT2D eigenvalue weighted by molar-refractivity contribution is 5.93. The van der Waals surface area contributed by atoms with Crippen LogP contribution in [0, 0.1) is 0 Å². The number of ether oxygens (including phenoxy) is 1. The second-order valence-electron chi connectivity index (χ2n) is 8.00. The minimum absolute atomic E-state index is 0.0566. The maximum atomic E-state index is 13.0. The Hall–Kier alpha value is -2.55. The maximum absolute atomic E-state index is 13.0. The predicted octanol–water partition coefficient (Wildman–Crippen LogP) is 0.531. The van der Waals surface area contributed by atoms with E-state index in [-0.39, 0.29) is 18.0 Å². The third kappa shape index (κ3) is 3.71. The lowest BCUT2D eigenvalue weighted by Gasteiger charge is -2.34. The van der Waals surface area contributed by atoms with Gasteiger partial charge in [-0.15, -0.1) is 0 Å². The third-order valence-corrected chi connectivity index (χ3v) is 6.05. The summed E-state index contributed by atoms with van der Waals surface area (Å²) in [6.45, 7) is 3.82. The number of carbonyl (C=O) groups is 1. The number of β-amino-alcohol motifs (C(OH)–C–C–N with tert-alkyl or cyclic N) is 1. The summed E-state index contributed by atoms with van der Waals surface area (Å²) in [4.78, 5) is 25.3. The first-order chi connectivity index (χ1) is 14.2. The van der Waals surface area contributed by atoms with E-state index in [9.17, 15) is 9.90 Å². The number of hydrogen-bond acceptors (Lipinski definition) is 7. The first kappa shape index (κ1) is 18.5. The van der Waals surface area contributed by atoms with Gasteiger partial charge >= 0.3 is 0 Å². The van der Waals surface area contributed by atoms with Gasteiger partial charge in [0.2, 0.25) is 0 Å². The van der Waals surface area contributed by atoms with Crippen LogP contribution in [-0.4, -0.2) is 81.8 Å². The van der Waals surface area contributed by atoms with Crippen molar-refractivity contribution >= 4 is 11.7 Å². The Morgan fingerprint density at radius 2 is 2.00 bits per heavy atom. The number of aliphatic hydroxyl groups excluding tert-OH is 1. The van der Waals surface area contributed by atoms with Gasteiger partial charge in [-0.25, -0.2) is 9.97 Å². The number of hydrogen-bond donors (Lipinski definition) is 2. The fourth-order valence-electron chi connectivity index (χ4n) is 4.34. The van der Waals surface area contributed by atoms with Crippen LogP contribution in [0.25, 0.3) is 0 Å². The molecule has 0 radical (unpaired) electrons. The van der Waals surface area contributed by atoms with Crippen LogP contribution in [-0.2, 0) is 17.7 Å². The molecule has 3 aliphatic rings. The molecule has 0 spiro atoms. The summed E-state index contributed by atoms with van der Waals surface area (Å²) in [5.74, 6) is 0.458. The van der Waals surface area contributed by atoms with Crippen LogP contribution < -0.4 is 5.32 Å². The van der Waals surface area contributed by atoms with E-state index in [1.807, 2.05) is 0 Å². The van der Waals surface area contributed by atoms with Gasteiger partial charge in [0.25, 0.3) is 5.91 Å². The molecule has 1 aromatic heterocycles. The van der Waals surface area contributed by atoms with Crippen molar-refractivity contribution in [1.29, 1.82) is 0 Å². The highest BCUT2D eigenvalue weighted by Crippen LogP contribution is 2.25. The number of amides is 1. The number of anilines is 1. The Kier molecular flexibility index (Phi) is 4.91. The van der Waals surface area contributed by atoms with Gasteiger partial charge in [-0.05, 0) is 17.5 Å². The van der Waals surface area contributed by atoms with Gasteiger partial charge in [0, 0.05) is 32.2 Å². The molecule has 2 atom stereocenters. The molecule has 29 heavy (non-hydrogen) atoms. The van der Waals surface area contributed by atoms with Gasteiger partial charge in [-0.2, -0.15) is 0 Å². The van der Waals surface area contributed by atoms with Crippen molar-refractivity contribution in [1.82, 2.24) is 19.8 Å². The third-order valence-electron chi connectivity index (χ3n) is 6.05. The molecular formula is C21H25N5O3. The Morgan fingerprint density at radius 1 is 1.17 bits per heavy atom. The van der Waals surface area contributed by atoms with E-state index in [4.69, 9.17) is 4.74 Å². The van der Waals surface area contributed by atoms with Crippen molar-refractivity contribution < 1.29 is 14.6 Å². The normalized spacial score (nSPS) is 24.8. The van der Waals surface area contributed by atoms with Crippen molar-refractivity contribution in [3.63, 3.8) is 0 Å². The number of likely N-dealkylation sites (tertiary alicyclic amines) is 1. The molecule has 3 aliphatic heterocycles. The number of aromatic nitrogens is 2. The van der Waals surface area contributed by atoms with Gasteiger partial charge in [0.1, 0.15) is 17.8 Å². The summed E-state index contributed by atoms with van der Waals surface area (Å²) in [7, 11) is 0. The number of aliphatic hydroxyl groups is 1. The number of benzene rings is 1. The van der Waals surface area contributed by atoms with Crippen LogP contribution in [0.3, 0.4) is 0 Å². The minimum atomic E-state index is -0.559. The van der Waals surface area contributed by atoms with Crippen molar-refractivity contribution in [2.75, 3.05) is 38.2 Å². The van der Waals surface area contributed by atoms with Gasteiger partial charge in [0.15, 0.2) is 0 Å². The molecule has 1 amide bonds. The molecular weight excluding hydrogens is 370 g/mol. The zero-order valence-electron chi connectivity index (χ0n) is 16.2. The van der Waals surface area contributed by atoms with Crippen LogP contribution in [0.4, 0.5) is 5.82 Å². The van der Waals surface area contributed by atoms with E-state index in [1.54, 1.807) is 11.0 Å². The van der Waals surface area contributed by atoms with E-state index in [0.29, 0.717) is 37.8 Å². The van der Waals surface area contributed by atoms with Gasteiger partial charge in [-0.3, -0.25) is 9.69 Å². The summed E-state index contributed by atoms with van der Waals surface area (Å²) in [6.07, 6.45) is 1.82. The molecule has 2 N–H and O–H groups in total. The lowest BCUT2D eigenvalue weighted by Crippen LogP contribution is -2.45. The van der Waals surface area contributed by atoms with Crippen molar-refractivity contribution in [2.45, 2.75) is 31.2 Å². The largest absolute Gasteiger partial charge is 0.390 e. The molecule has 0 saturated carbocycles. The van der Waals surface area contributed by atoms with Gasteiger partial charge in [-0.1, -0.05) is 24.3 Å². The molecule has 152 valence electrons. The Labute approximate surface area is 169 Å². The zero-order valence-corrected chi connectivity index (χ0v) is 16.2. The first-order valence-electron chi connectivity index (χ1n) is 10.1. The first-order valence-corrected chi connectivity index (χ1v) is 10.1. The standard InChI is InChI=1S/C21H25N5O3/c27-19-10-26(9-18(19)25-6-5-14-3-1-2-4-15(14)8-25)21(28)17-7-20(23-13-22-17)24-16-11-29-12-16/h1-4,7,13,16,18-19,27H,5-6,8-12H2,(H,22,23,24)/t18?,19-/m1/s1. The highest BCUT2D eigenvalue weighted by atomic mass is 16.5. The van der Waals surface area contributed by atoms with Crippen molar-refractivity contribution in [2.24, 2.45) is 0 Å². The molecule has 0 aliphatic carbocycles. The fraction of sp³-hybridized carbons (Fsp3) is 0.476. The number of nitrogens with zero attached hydrogens (tertiary/aromatic N) is 4. The molecule has 1 aromatic carbocycles. The molecule has 2 saturated heterocycles. The monoisotopic (exact) mass is 395 g/mol.